The Morgan fingerprint density at radius 1 is 0.976 bits per heavy atom. The van der Waals surface area contributed by atoms with Crippen LogP contribution in [0.4, 0.5) is 4.79 Å². The van der Waals surface area contributed by atoms with Crippen molar-refractivity contribution in [3.8, 4) is 22.4 Å². The van der Waals surface area contributed by atoms with E-state index in [9.17, 15) is 4.79 Å². The summed E-state index contributed by atoms with van der Waals surface area (Å²) in [7, 11) is 0. The molecule has 2 aromatic carbocycles. The molecule has 214 valence electrons. The van der Waals surface area contributed by atoms with E-state index in [1.165, 1.54) is 0 Å². The highest BCUT2D eigenvalue weighted by Crippen LogP contribution is 2.53. The van der Waals surface area contributed by atoms with Gasteiger partial charge in [-0.3, -0.25) is 0 Å². The molecule has 1 aliphatic carbocycles. The van der Waals surface area contributed by atoms with Crippen LogP contribution in [0.15, 0.2) is 72.9 Å². The van der Waals surface area contributed by atoms with Crippen LogP contribution in [0.3, 0.4) is 0 Å². The second kappa shape index (κ2) is 9.61. The molecule has 1 aliphatic heterocycles. The standard InChI is InChI=1S/C33H33N5O4/c1-21-16-27-34-18-24-17-26(22-8-6-5-7-9-22)28(35-29(24)38(27)37-21)23-10-12-25(13-11-23)32(36-30(39)42-31(2,3)4)19-33(20-32)40-14-15-41-33/h5-13,16-18H,14-15,19-20H2,1-4H3,(H,36,39). The van der Waals surface area contributed by atoms with E-state index in [4.69, 9.17) is 19.2 Å². The molecule has 0 bridgehead atoms. The first-order chi connectivity index (χ1) is 20.1. The van der Waals surface area contributed by atoms with E-state index in [1.807, 2.05) is 58.2 Å². The molecule has 1 N–H and O–H groups in total. The van der Waals surface area contributed by atoms with Gasteiger partial charge in [-0.1, -0.05) is 54.6 Å². The molecule has 1 amide bonds. The normalized spacial score (nSPS) is 17.4. The fraction of sp³-hybridized carbons (Fsp3) is 0.333. The van der Waals surface area contributed by atoms with Crippen molar-refractivity contribution in [3.63, 3.8) is 0 Å². The van der Waals surface area contributed by atoms with Gasteiger partial charge in [-0.15, -0.1) is 0 Å². The topological polar surface area (TPSA) is 99.9 Å². The number of nitrogens with one attached hydrogen (secondary N) is 1. The van der Waals surface area contributed by atoms with Crippen LogP contribution in [0.5, 0.6) is 0 Å². The number of alkyl carbamates (subject to hydrolysis) is 1. The molecule has 2 fully saturated rings. The van der Waals surface area contributed by atoms with Crippen molar-refractivity contribution in [1.82, 2.24) is 24.9 Å². The average molecular weight is 564 g/mol. The summed E-state index contributed by atoms with van der Waals surface area (Å²) in [4.78, 5) is 22.7. The first-order valence-corrected chi connectivity index (χ1v) is 14.2. The van der Waals surface area contributed by atoms with Crippen molar-refractivity contribution in [3.05, 3.63) is 84.2 Å². The van der Waals surface area contributed by atoms with Gasteiger partial charge in [-0.25, -0.2) is 14.8 Å². The van der Waals surface area contributed by atoms with Gasteiger partial charge in [0.25, 0.3) is 0 Å². The van der Waals surface area contributed by atoms with Crippen LogP contribution in [-0.2, 0) is 19.7 Å². The summed E-state index contributed by atoms with van der Waals surface area (Å²) in [6.07, 6.45) is 2.40. The number of nitrogens with zero attached hydrogens (tertiary/aromatic N) is 4. The zero-order valence-electron chi connectivity index (χ0n) is 24.2. The lowest BCUT2D eigenvalue weighted by Gasteiger charge is -2.53. The number of amides is 1. The molecular formula is C33H33N5O4. The minimum Gasteiger partial charge on any atom is -0.444 e. The largest absolute Gasteiger partial charge is 0.444 e. The third kappa shape index (κ3) is 4.68. The summed E-state index contributed by atoms with van der Waals surface area (Å²) in [6, 6.07) is 22.5. The zero-order chi connectivity index (χ0) is 29.1. The summed E-state index contributed by atoms with van der Waals surface area (Å²) in [5.41, 5.74) is 5.89. The van der Waals surface area contributed by atoms with Crippen LogP contribution in [0.25, 0.3) is 39.1 Å². The molecule has 3 aromatic heterocycles. The van der Waals surface area contributed by atoms with Gasteiger partial charge in [-0.05, 0) is 44.9 Å². The van der Waals surface area contributed by atoms with E-state index in [0.29, 0.717) is 26.1 Å². The van der Waals surface area contributed by atoms with Gasteiger partial charge in [-0.2, -0.15) is 9.61 Å². The molecule has 9 heteroatoms. The smallest absolute Gasteiger partial charge is 0.408 e. The van der Waals surface area contributed by atoms with Gasteiger partial charge in [0.2, 0.25) is 0 Å². The number of carbonyl (C=O) groups is 1. The van der Waals surface area contributed by atoms with Crippen LogP contribution >= 0.6 is 0 Å². The molecule has 5 aromatic rings. The van der Waals surface area contributed by atoms with Gasteiger partial charge in [0.1, 0.15) is 5.60 Å². The number of hydrogen-bond donors (Lipinski definition) is 1. The maximum absolute atomic E-state index is 12.9. The van der Waals surface area contributed by atoms with Gasteiger partial charge >= 0.3 is 6.09 Å². The predicted octanol–water partition coefficient (Wildman–Crippen LogP) is 6.18. The Kier molecular flexibility index (Phi) is 6.07. The summed E-state index contributed by atoms with van der Waals surface area (Å²) in [5, 5.41) is 8.69. The molecule has 4 heterocycles. The van der Waals surface area contributed by atoms with Gasteiger partial charge < -0.3 is 19.5 Å². The fourth-order valence-electron chi connectivity index (χ4n) is 6.09. The van der Waals surface area contributed by atoms with E-state index >= 15 is 0 Å². The number of rotatable bonds is 4. The molecule has 9 nitrogen and oxygen atoms in total. The average Bonchev–Trinajstić information content (AvgIpc) is 3.58. The van der Waals surface area contributed by atoms with Gasteiger partial charge in [0.15, 0.2) is 17.1 Å². The number of fused-ring (bicyclic) bond motifs is 3. The predicted molar refractivity (Wildman–Crippen MR) is 159 cm³/mol. The van der Waals surface area contributed by atoms with Crippen molar-refractivity contribution in [2.45, 2.75) is 57.5 Å². The summed E-state index contributed by atoms with van der Waals surface area (Å²) >= 11 is 0. The first kappa shape index (κ1) is 26.6. The number of pyridine rings is 1. The van der Waals surface area contributed by atoms with Gasteiger partial charge in [0, 0.05) is 41.6 Å². The molecule has 1 saturated carbocycles. The molecule has 1 saturated heterocycles. The third-order valence-electron chi connectivity index (χ3n) is 7.87. The Labute approximate surface area is 243 Å². The van der Waals surface area contributed by atoms with E-state index in [-0.39, 0.29) is 0 Å². The Bertz CT molecular complexity index is 1790. The molecule has 0 atom stereocenters. The number of aryl methyl sites for hydroxylation is 1. The van der Waals surface area contributed by atoms with E-state index in [2.05, 4.69) is 57.9 Å². The number of hydrogen-bond acceptors (Lipinski definition) is 7. The molecule has 42 heavy (non-hydrogen) atoms. The highest BCUT2D eigenvalue weighted by atomic mass is 16.7. The van der Waals surface area contributed by atoms with Crippen molar-refractivity contribution in [1.29, 1.82) is 0 Å². The van der Waals surface area contributed by atoms with Crippen LogP contribution in [0.1, 0.15) is 44.9 Å². The molecule has 2 aliphatic rings. The highest BCUT2D eigenvalue weighted by Gasteiger charge is 2.60. The van der Waals surface area contributed by atoms with Crippen LogP contribution in [0, 0.1) is 6.92 Å². The van der Waals surface area contributed by atoms with E-state index < -0.39 is 23.0 Å². The third-order valence-corrected chi connectivity index (χ3v) is 7.87. The van der Waals surface area contributed by atoms with Crippen LogP contribution in [0.2, 0.25) is 0 Å². The summed E-state index contributed by atoms with van der Waals surface area (Å²) in [5.74, 6) is -0.671. The van der Waals surface area contributed by atoms with Crippen LogP contribution in [-0.4, -0.2) is 50.3 Å². The number of ether oxygens (including phenoxy) is 3. The number of aromatic nitrogens is 4. The minimum absolute atomic E-state index is 0.464. The monoisotopic (exact) mass is 563 g/mol. The molecular weight excluding hydrogens is 530 g/mol. The molecule has 1 spiro atoms. The minimum atomic E-state index is -0.672. The molecule has 0 radical (unpaired) electrons. The lowest BCUT2D eigenvalue weighted by atomic mass is 9.67. The van der Waals surface area contributed by atoms with Crippen molar-refractivity contribution >= 4 is 22.8 Å². The second-order valence-electron chi connectivity index (χ2n) is 12.2. The lowest BCUT2D eigenvalue weighted by molar-refractivity contribution is -0.245. The maximum atomic E-state index is 12.9. The number of benzene rings is 2. The molecule has 7 rings (SSSR count). The van der Waals surface area contributed by atoms with Crippen molar-refractivity contribution < 1.29 is 19.0 Å². The SMILES string of the molecule is Cc1cc2ncc3cc(-c4ccccc4)c(-c4ccc(C5(NC(=O)OC(C)(C)C)CC6(C5)OCCO6)cc4)nc3n2n1. The Hall–Kier alpha value is -4.34. The van der Waals surface area contributed by atoms with E-state index in [0.717, 1.165) is 50.3 Å². The fourth-order valence-corrected chi connectivity index (χ4v) is 6.09. The first-order valence-electron chi connectivity index (χ1n) is 14.2. The Morgan fingerprint density at radius 2 is 1.69 bits per heavy atom. The summed E-state index contributed by atoms with van der Waals surface area (Å²) in [6.45, 7) is 8.62. The Balaban J connectivity index is 1.31. The quantitative estimate of drug-likeness (QED) is 0.279. The number of carbonyl (C=O) groups excluding carboxylic acids is 1. The van der Waals surface area contributed by atoms with E-state index in [1.54, 1.807) is 4.52 Å². The molecule has 0 unspecified atom stereocenters. The highest BCUT2D eigenvalue weighted by molar-refractivity contribution is 5.90. The van der Waals surface area contributed by atoms with Gasteiger partial charge in [0.05, 0.1) is 30.1 Å². The zero-order valence-corrected chi connectivity index (χ0v) is 24.2. The van der Waals surface area contributed by atoms with Crippen molar-refractivity contribution in [2.75, 3.05) is 13.2 Å². The summed E-state index contributed by atoms with van der Waals surface area (Å²) < 4.78 is 19.3. The maximum Gasteiger partial charge on any atom is 0.408 e. The van der Waals surface area contributed by atoms with Crippen molar-refractivity contribution in [2.24, 2.45) is 0 Å². The Morgan fingerprint density at radius 3 is 2.38 bits per heavy atom. The second-order valence-corrected chi connectivity index (χ2v) is 12.2. The van der Waals surface area contributed by atoms with Crippen LogP contribution < -0.4 is 5.32 Å². The lowest BCUT2D eigenvalue weighted by Crippen LogP contribution is -2.64.